The van der Waals surface area contributed by atoms with E-state index in [4.69, 9.17) is 5.73 Å². The maximum absolute atomic E-state index is 6.50. The Morgan fingerprint density at radius 1 is 0.944 bits per heavy atom. The molecule has 1 aliphatic rings. The molecule has 1 aliphatic heterocycles. The van der Waals surface area contributed by atoms with E-state index < -0.39 is 0 Å². The second kappa shape index (κ2) is 5.50. The van der Waals surface area contributed by atoms with Gasteiger partial charge >= 0.3 is 0 Å². The van der Waals surface area contributed by atoms with Gasteiger partial charge in [-0.05, 0) is 50.0 Å². The van der Waals surface area contributed by atoms with Crippen molar-refractivity contribution < 1.29 is 0 Å². The Morgan fingerprint density at radius 2 is 1.44 bits per heavy atom. The van der Waals surface area contributed by atoms with E-state index in [1.807, 2.05) is 0 Å². The van der Waals surface area contributed by atoms with Crippen molar-refractivity contribution in [3.63, 3.8) is 0 Å². The SMILES string of the molecule is CC1CC(C)(C)CN(C)CC(C)(N)CC(C)C1C. The molecule has 1 rings (SSSR count). The Hall–Kier alpha value is -0.0800. The summed E-state index contributed by atoms with van der Waals surface area (Å²) in [5.74, 6) is 2.24. The fourth-order valence-electron chi connectivity index (χ4n) is 4.07. The minimum absolute atomic E-state index is 0.0600. The number of rotatable bonds is 0. The van der Waals surface area contributed by atoms with Gasteiger partial charge in [-0.3, -0.25) is 0 Å². The maximum atomic E-state index is 6.50. The second-order valence-corrected chi connectivity index (χ2v) is 8.21. The van der Waals surface area contributed by atoms with E-state index in [9.17, 15) is 0 Å². The molecule has 1 fully saturated rings. The van der Waals surface area contributed by atoms with Gasteiger partial charge < -0.3 is 10.6 Å². The Morgan fingerprint density at radius 3 is 2.00 bits per heavy atom. The lowest BCUT2D eigenvalue weighted by Crippen LogP contribution is -2.51. The fourth-order valence-corrected chi connectivity index (χ4v) is 4.07. The monoisotopic (exact) mass is 254 g/mol. The normalized spacial score (nSPS) is 43.7. The minimum Gasteiger partial charge on any atom is -0.324 e. The number of hydrogen-bond acceptors (Lipinski definition) is 2. The van der Waals surface area contributed by atoms with Crippen molar-refractivity contribution in [2.45, 2.75) is 59.9 Å². The summed E-state index contributed by atoms with van der Waals surface area (Å²) in [5, 5.41) is 0. The smallest absolute Gasteiger partial charge is 0.0257 e. The summed E-state index contributed by atoms with van der Waals surface area (Å²) in [6.07, 6.45) is 2.44. The highest BCUT2D eigenvalue weighted by molar-refractivity contribution is 4.89. The van der Waals surface area contributed by atoms with Gasteiger partial charge in [-0.2, -0.15) is 0 Å². The molecule has 4 unspecified atom stereocenters. The van der Waals surface area contributed by atoms with Crippen LogP contribution in [0, 0.1) is 23.2 Å². The summed E-state index contributed by atoms with van der Waals surface area (Å²) in [6.45, 7) is 16.4. The molecule has 0 radical (unpaired) electrons. The standard InChI is InChI=1S/C16H34N2/c1-12-8-15(4,5)10-18(7)11-16(6,17)9-13(2)14(12)3/h12-14H,8-11,17H2,1-7H3. The molecular formula is C16H34N2. The minimum atomic E-state index is -0.0600. The summed E-state index contributed by atoms with van der Waals surface area (Å²) in [6, 6.07) is 0. The molecule has 1 saturated heterocycles. The first-order valence-corrected chi connectivity index (χ1v) is 7.50. The number of nitrogens with zero attached hydrogens (tertiary/aromatic N) is 1. The van der Waals surface area contributed by atoms with Crippen molar-refractivity contribution in [2.75, 3.05) is 20.1 Å². The second-order valence-electron chi connectivity index (χ2n) is 8.21. The molecule has 108 valence electrons. The number of likely N-dealkylation sites (N-methyl/N-ethyl adjacent to an activating group) is 1. The molecule has 0 aromatic rings. The lowest BCUT2D eigenvalue weighted by Gasteiger charge is -2.42. The van der Waals surface area contributed by atoms with Crippen LogP contribution in [0.2, 0.25) is 0 Å². The van der Waals surface area contributed by atoms with Gasteiger partial charge in [-0.1, -0.05) is 34.6 Å². The van der Waals surface area contributed by atoms with Gasteiger partial charge in [0.1, 0.15) is 0 Å². The highest BCUT2D eigenvalue weighted by atomic mass is 15.1. The van der Waals surface area contributed by atoms with Gasteiger partial charge in [0.15, 0.2) is 0 Å². The summed E-state index contributed by atoms with van der Waals surface area (Å²) in [7, 11) is 2.22. The maximum Gasteiger partial charge on any atom is 0.0257 e. The molecular weight excluding hydrogens is 220 g/mol. The van der Waals surface area contributed by atoms with Crippen molar-refractivity contribution in [3.05, 3.63) is 0 Å². The quantitative estimate of drug-likeness (QED) is 0.718. The van der Waals surface area contributed by atoms with Crippen molar-refractivity contribution in [1.82, 2.24) is 4.90 Å². The van der Waals surface area contributed by atoms with E-state index in [0.29, 0.717) is 11.3 Å². The summed E-state index contributed by atoms with van der Waals surface area (Å²) in [4.78, 5) is 2.43. The van der Waals surface area contributed by atoms with Crippen LogP contribution < -0.4 is 5.73 Å². The lowest BCUT2D eigenvalue weighted by molar-refractivity contribution is 0.0948. The molecule has 0 aromatic heterocycles. The van der Waals surface area contributed by atoms with Crippen LogP contribution in [0.15, 0.2) is 0 Å². The highest BCUT2D eigenvalue weighted by Gasteiger charge is 2.34. The lowest BCUT2D eigenvalue weighted by atomic mass is 9.71. The molecule has 0 aliphatic carbocycles. The van der Waals surface area contributed by atoms with Crippen LogP contribution >= 0.6 is 0 Å². The molecule has 0 saturated carbocycles. The van der Waals surface area contributed by atoms with Crippen LogP contribution in [-0.4, -0.2) is 30.6 Å². The molecule has 0 aromatic carbocycles. The van der Waals surface area contributed by atoms with Crippen LogP contribution in [-0.2, 0) is 0 Å². The van der Waals surface area contributed by atoms with Crippen molar-refractivity contribution in [3.8, 4) is 0 Å². The highest BCUT2D eigenvalue weighted by Crippen LogP contribution is 2.36. The third kappa shape index (κ3) is 4.55. The summed E-state index contributed by atoms with van der Waals surface area (Å²) >= 11 is 0. The molecule has 0 bridgehead atoms. The van der Waals surface area contributed by atoms with Crippen LogP contribution in [0.25, 0.3) is 0 Å². The zero-order valence-electron chi connectivity index (χ0n) is 13.6. The molecule has 2 nitrogen and oxygen atoms in total. The van der Waals surface area contributed by atoms with Crippen LogP contribution in [0.5, 0.6) is 0 Å². The third-order valence-electron chi connectivity index (χ3n) is 4.79. The van der Waals surface area contributed by atoms with Gasteiger partial charge in [0.05, 0.1) is 0 Å². The van der Waals surface area contributed by atoms with Crippen molar-refractivity contribution >= 4 is 0 Å². The average molecular weight is 254 g/mol. The van der Waals surface area contributed by atoms with Gasteiger partial charge in [-0.25, -0.2) is 0 Å². The molecule has 2 N–H and O–H groups in total. The van der Waals surface area contributed by atoms with E-state index in [0.717, 1.165) is 31.3 Å². The Balaban J connectivity index is 2.90. The number of hydrogen-bond donors (Lipinski definition) is 1. The van der Waals surface area contributed by atoms with Crippen molar-refractivity contribution in [2.24, 2.45) is 28.9 Å². The topological polar surface area (TPSA) is 29.3 Å². The van der Waals surface area contributed by atoms with Gasteiger partial charge in [0.2, 0.25) is 0 Å². The average Bonchev–Trinajstić information content (AvgIpc) is 2.10. The van der Waals surface area contributed by atoms with Crippen LogP contribution in [0.3, 0.4) is 0 Å². The summed E-state index contributed by atoms with van der Waals surface area (Å²) < 4.78 is 0. The predicted octanol–water partition coefficient (Wildman–Crippen LogP) is 3.36. The summed E-state index contributed by atoms with van der Waals surface area (Å²) in [5.41, 5.74) is 6.83. The van der Waals surface area contributed by atoms with E-state index in [1.54, 1.807) is 0 Å². The largest absolute Gasteiger partial charge is 0.324 e. The third-order valence-corrected chi connectivity index (χ3v) is 4.79. The molecule has 2 heteroatoms. The first kappa shape index (κ1) is 16.0. The van der Waals surface area contributed by atoms with Crippen LogP contribution in [0.4, 0.5) is 0 Å². The first-order chi connectivity index (χ1) is 8.02. The van der Waals surface area contributed by atoms with E-state index in [2.05, 4.69) is 53.5 Å². The van der Waals surface area contributed by atoms with E-state index in [-0.39, 0.29) is 5.54 Å². The fraction of sp³-hybridized carbons (Fsp3) is 1.00. The Bertz CT molecular complexity index is 244. The Labute approximate surface area is 114 Å². The van der Waals surface area contributed by atoms with Crippen LogP contribution in [0.1, 0.15) is 54.4 Å². The molecule has 0 spiro atoms. The van der Waals surface area contributed by atoms with Gasteiger partial charge in [-0.15, -0.1) is 0 Å². The zero-order valence-corrected chi connectivity index (χ0v) is 13.6. The molecule has 18 heavy (non-hydrogen) atoms. The number of nitrogens with two attached hydrogens (primary N) is 1. The van der Waals surface area contributed by atoms with Gasteiger partial charge in [0.25, 0.3) is 0 Å². The van der Waals surface area contributed by atoms with E-state index >= 15 is 0 Å². The van der Waals surface area contributed by atoms with E-state index in [1.165, 1.54) is 6.42 Å². The van der Waals surface area contributed by atoms with Gasteiger partial charge in [0, 0.05) is 18.6 Å². The Kier molecular flexibility index (Phi) is 4.88. The zero-order chi connectivity index (χ0) is 14.1. The first-order valence-electron chi connectivity index (χ1n) is 7.50. The molecule has 4 atom stereocenters. The molecule has 0 amide bonds. The molecule has 1 heterocycles. The van der Waals surface area contributed by atoms with Crippen molar-refractivity contribution in [1.29, 1.82) is 0 Å². The predicted molar refractivity (Wildman–Crippen MR) is 80.6 cm³/mol.